The van der Waals surface area contributed by atoms with Crippen molar-refractivity contribution < 1.29 is 4.79 Å². The Morgan fingerprint density at radius 2 is 2.00 bits per heavy atom. The van der Waals surface area contributed by atoms with Crippen molar-refractivity contribution >= 4 is 30.7 Å². The Hall–Kier alpha value is -0.840. The third-order valence-electron chi connectivity index (χ3n) is 3.55. The average Bonchev–Trinajstić information content (AvgIpc) is 2.40. The molecule has 0 unspecified atom stereocenters. The van der Waals surface area contributed by atoms with Gasteiger partial charge in [0.1, 0.15) is 0 Å². The lowest BCUT2D eigenvalue weighted by Gasteiger charge is -2.31. The summed E-state index contributed by atoms with van der Waals surface area (Å²) in [5.41, 5.74) is 1.65. The van der Waals surface area contributed by atoms with Crippen molar-refractivity contribution in [2.75, 3.05) is 26.7 Å². The van der Waals surface area contributed by atoms with Gasteiger partial charge in [-0.25, -0.2) is 0 Å². The number of halogens is 2. The molecular formula is C14H23Cl2N3O. The number of hydrogen-bond donors (Lipinski definition) is 1. The molecule has 0 bridgehead atoms. The predicted molar refractivity (Wildman–Crippen MR) is 86.0 cm³/mol. The normalized spacial score (nSPS) is 15.2. The van der Waals surface area contributed by atoms with E-state index in [2.05, 4.69) is 10.3 Å². The van der Waals surface area contributed by atoms with Crippen LogP contribution in [0.4, 0.5) is 0 Å². The first kappa shape index (κ1) is 19.2. The first-order chi connectivity index (χ1) is 8.70. The van der Waals surface area contributed by atoms with Gasteiger partial charge in [-0.2, -0.15) is 0 Å². The van der Waals surface area contributed by atoms with E-state index in [1.165, 1.54) is 0 Å². The summed E-state index contributed by atoms with van der Waals surface area (Å²) in [5.74, 6) is 0.820. The first-order valence-electron chi connectivity index (χ1n) is 6.57. The van der Waals surface area contributed by atoms with Gasteiger partial charge in [-0.3, -0.25) is 9.78 Å². The number of nitrogens with zero attached hydrogens (tertiary/aromatic N) is 2. The van der Waals surface area contributed by atoms with Crippen molar-refractivity contribution in [2.45, 2.75) is 19.8 Å². The van der Waals surface area contributed by atoms with Gasteiger partial charge in [-0.05, 0) is 51.4 Å². The van der Waals surface area contributed by atoms with Gasteiger partial charge >= 0.3 is 0 Å². The summed E-state index contributed by atoms with van der Waals surface area (Å²) in [4.78, 5) is 18.4. The van der Waals surface area contributed by atoms with E-state index in [1.807, 2.05) is 31.0 Å². The number of pyridine rings is 1. The van der Waals surface area contributed by atoms with Crippen molar-refractivity contribution in [3.05, 3.63) is 29.6 Å². The van der Waals surface area contributed by atoms with E-state index in [0.29, 0.717) is 11.5 Å². The lowest BCUT2D eigenvalue weighted by Crippen LogP contribution is -2.40. The fourth-order valence-electron chi connectivity index (χ4n) is 2.41. The third kappa shape index (κ3) is 4.93. The highest BCUT2D eigenvalue weighted by atomic mass is 35.5. The molecule has 114 valence electrons. The quantitative estimate of drug-likeness (QED) is 0.929. The SMILES string of the molecule is CNCC1CCN(C(=O)c2ccc(C)nc2)CC1.Cl.Cl. The molecule has 0 spiro atoms. The predicted octanol–water partition coefficient (Wildman–Crippen LogP) is 2.31. The number of carbonyl (C=O) groups is 1. The zero-order chi connectivity index (χ0) is 13.0. The van der Waals surface area contributed by atoms with E-state index >= 15 is 0 Å². The maximum Gasteiger partial charge on any atom is 0.255 e. The Morgan fingerprint density at radius 1 is 1.35 bits per heavy atom. The molecule has 2 heterocycles. The number of hydrogen-bond acceptors (Lipinski definition) is 3. The van der Waals surface area contributed by atoms with Crippen LogP contribution in [0.5, 0.6) is 0 Å². The highest BCUT2D eigenvalue weighted by Crippen LogP contribution is 2.18. The molecule has 1 fully saturated rings. The smallest absolute Gasteiger partial charge is 0.255 e. The van der Waals surface area contributed by atoms with Crippen molar-refractivity contribution in [1.29, 1.82) is 0 Å². The lowest BCUT2D eigenvalue weighted by atomic mass is 9.96. The van der Waals surface area contributed by atoms with Crippen LogP contribution in [0.1, 0.15) is 28.9 Å². The molecule has 0 radical (unpaired) electrons. The second-order valence-electron chi connectivity index (χ2n) is 4.98. The van der Waals surface area contributed by atoms with E-state index in [4.69, 9.17) is 0 Å². The number of rotatable bonds is 3. The summed E-state index contributed by atoms with van der Waals surface area (Å²) < 4.78 is 0. The minimum atomic E-state index is 0. The van der Waals surface area contributed by atoms with Crippen LogP contribution in [0.3, 0.4) is 0 Å². The van der Waals surface area contributed by atoms with E-state index < -0.39 is 0 Å². The van der Waals surface area contributed by atoms with Crippen LogP contribution in [-0.4, -0.2) is 42.5 Å². The van der Waals surface area contributed by atoms with E-state index in [1.54, 1.807) is 6.20 Å². The number of likely N-dealkylation sites (tertiary alicyclic amines) is 1. The summed E-state index contributed by atoms with van der Waals surface area (Å²) in [6.45, 7) is 4.70. The first-order valence-corrected chi connectivity index (χ1v) is 6.57. The molecule has 0 aliphatic carbocycles. The summed E-state index contributed by atoms with van der Waals surface area (Å²) >= 11 is 0. The monoisotopic (exact) mass is 319 g/mol. The van der Waals surface area contributed by atoms with Crippen molar-refractivity contribution in [2.24, 2.45) is 5.92 Å². The molecule has 1 amide bonds. The molecule has 6 heteroatoms. The molecule has 1 N–H and O–H groups in total. The Kier molecular flexibility index (Phi) is 8.78. The number of aromatic nitrogens is 1. The van der Waals surface area contributed by atoms with Crippen LogP contribution in [0.2, 0.25) is 0 Å². The Morgan fingerprint density at radius 3 is 2.50 bits per heavy atom. The summed E-state index contributed by atoms with van der Waals surface area (Å²) in [7, 11) is 1.98. The fourth-order valence-corrected chi connectivity index (χ4v) is 2.41. The fraction of sp³-hybridized carbons (Fsp3) is 0.571. The van der Waals surface area contributed by atoms with Crippen LogP contribution in [0, 0.1) is 12.8 Å². The largest absolute Gasteiger partial charge is 0.339 e. The molecule has 1 aromatic rings. The van der Waals surface area contributed by atoms with Gasteiger partial charge in [0.05, 0.1) is 5.56 Å². The Bertz CT molecular complexity index is 403. The summed E-state index contributed by atoms with van der Waals surface area (Å²) in [6, 6.07) is 3.76. The number of nitrogens with one attached hydrogen (secondary N) is 1. The van der Waals surface area contributed by atoms with Gasteiger partial charge in [0.25, 0.3) is 5.91 Å². The number of carbonyl (C=O) groups excluding carboxylic acids is 1. The van der Waals surface area contributed by atoms with Crippen molar-refractivity contribution in [3.8, 4) is 0 Å². The van der Waals surface area contributed by atoms with Gasteiger partial charge in [0.2, 0.25) is 0 Å². The molecule has 1 aromatic heterocycles. The number of piperidine rings is 1. The highest BCUT2D eigenvalue weighted by molar-refractivity contribution is 5.93. The minimum Gasteiger partial charge on any atom is -0.339 e. The van der Waals surface area contributed by atoms with Crippen LogP contribution in [-0.2, 0) is 0 Å². The lowest BCUT2D eigenvalue weighted by molar-refractivity contribution is 0.0690. The molecule has 0 aromatic carbocycles. The Labute approximate surface area is 133 Å². The van der Waals surface area contributed by atoms with Crippen molar-refractivity contribution in [1.82, 2.24) is 15.2 Å². The zero-order valence-corrected chi connectivity index (χ0v) is 13.6. The van der Waals surface area contributed by atoms with Crippen LogP contribution >= 0.6 is 24.8 Å². The molecule has 1 aliphatic heterocycles. The molecule has 2 rings (SSSR count). The van der Waals surface area contributed by atoms with Crippen LogP contribution in [0.15, 0.2) is 18.3 Å². The minimum absolute atomic E-state index is 0. The molecule has 0 saturated carbocycles. The number of amides is 1. The van der Waals surface area contributed by atoms with E-state index in [0.717, 1.165) is 38.2 Å². The van der Waals surface area contributed by atoms with E-state index in [-0.39, 0.29) is 30.7 Å². The number of aryl methyl sites for hydroxylation is 1. The topological polar surface area (TPSA) is 45.2 Å². The highest BCUT2D eigenvalue weighted by Gasteiger charge is 2.23. The van der Waals surface area contributed by atoms with Gasteiger partial charge in [0, 0.05) is 25.0 Å². The molecule has 0 atom stereocenters. The second-order valence-corrected chi connectivity index (χ2v) is 4.98. The molecule has 20 heavy (non-hydrogen) atoms. The van der Waals surface area contributed by atoms with Crippen LogP contribution < -0.4 is 5.32 Å². The standard InChI is InChI=1S/C14H21N3O.2ClH/c1-11-3-4-13(10-16-11)14(18)17-7-5-12(6-8-17)9-15-2;;/h3-4,10,12,15H,5-9H2,1-2H3;2*1H. The van der Waals surface area contributed by atoms with Gasteiger partial charge in [-0.15, -0.1) is 24.8 Å². The zero-order valence-electron chi connectivity index (χ0n) is 12.0. The molecule has 4 nitrogen and oxygen atoms in total. The molecule has 1 saturated heterocycles. The molecule has 1 aliphatic rings. The summed E-state index contributed by atoms with van der Waals surface area (Å²) in [6.07, 6.45) is 3.86. The maximum atomic E-state index is 12.2. The van der Waals surface area contributed by atoms with Crippen LogP contribution in [0.25, 0.3) is 0 Å². The average molecular weight is 320 g/mol. The van der Waals surface area contributed by atoms with Crippen molar-refractivity contribution in [3.63, 3.8) is 0 Å². The maximum absolute atomic E-state index is 12.2. The molecular weight excluding hydrogens is 297 g/mol. The van der Waals surface area contributed by atoms with Gasteiger partial charge in [-0.1, -0.05) is 0 Å². The Balaban J connectivity index is 0.00000180. The second kappa shape index (κ2) is 9.16. The van der Waals surface area contributed by atoms with Gasteiger partial charge in [0.15, 0.2) is 0 Å². The summed E-state index contributed by atoms with van der Waals surface area (Å²) in [5, 5.41) is 3.21. The van der Waals surface area contributed by atoms with E-state index in [9.17, 15) is 4.79 Å². The van der Waals surface area contributed by atoms with Gasteiger partial charge < -0.3 is 10.2 Å². The third-order valence-corrected chi connectivity index (χ3v) is 3.55.